The summed E-state index contributed by atoms with van der Waals surface area (Å²) in [5, 5.41) is 12.3. The molecule has 0 saturated carbocycles. The van der Waals surface area contributed by atoms with E-state index in [2.05, 4.69) is 5.32 Å². The summed E-state index contributed by atoms with van der Waals surface area (Å²) in [4.78, 5) is 10.8. The number of carboxylic acid groups (broad SMARTS) is 1. The minimum atomic E-state index is -0.884. The molecule has 0 aliphatic carbocycles. The lowest BCUT2D eigenvalue weighted by Gasteiger charge is -2.23. The second-order valence-electron chi connectivity index (χ2n) is 4.80. The van der Waals surface area contributed by atoms with Gasteiger partial charge in [-0.3, -0.25) is 0 Å². The monoisotopic (exact) mass is 249 g/mol. The molecule has 1 saturated heterocycles. The van der Waals surface area contributed by atoms with Gasteiger partial charge >= 0.3 is 5.97 Å². The van der Waals surface area contributed by atoms with E-state index in [1.165, 1.54) is 6.42 Å². The number of nitrogens with one attached hydrogen (secondary N) is 1. The summed E-state index contributed by atoms with van der Waals surface area (Å²) in [6.07, 6.45) is 2.32. The third-order valence-corrected chi connectivity index (χ3v) is 3.31. The molecule has 98 valence electrons. The highest BCUT2D eigenvalue weighted by molar-refractivity contribution is 5.88. The zero-order valence-corrected chi connectivity index (χ0v) is 10.6. The fraction of sp³-hybridized carbons (Fsp3) is 0.500. The van der Waals surface area contributed by atoms with Crippen molar-refractivity contribution < 1.29 is 14.6 Å². The van der Waals surface area contributed by atoms with Crippen molar-refractivity contribution in [2.24, 2.45) is 5.92 Å². The van der Waals surface area contributed by atoms with Gasteiger partial charge in [-0.2, -0.15) is 0 Å². The van der Waals surface area contributed by atoms with Crippen LogP contribution in [0.5, 0.6) is 0 Å². The molecule has 0 radical (unpaired) electrons. The largest absolute Gasteiger partial charge is 0.478 e. The number of benzene rings is 1. The van der Waals surface area contributed by atoms with E-state index in [9.17, 15) is 4.79 Å². The van der Waals surface area contributed by atoms with Crippen LogP contribution in [0.2, 0.25) is 0 Å². The van der Waals surface area contributed by atoms with E-state index in [-0.39, 0.29) is 0 Å². The average Bonchev–Trinajstić information content (AvgIpc) is 2.38. The molecule has 1 unspecified atom stereocenters. The lowest BCUT2D eigenvalue weighted by atomic mass is 10.0. The Morgan fingerprint density at radius 2 is 2.39 bits per heavy atom. The third kappa shape index (κ3) is 3.23. The van der Waals surface area contributed by atoms with Crippen LogP contribution in [0.4, 0.5) is 5.69 Å². The van der Waals surface area contributed by atoms with Gasteiger partial charge in [0.2, 0.25) is 0 Å². The van der Waals surface area contributed by atoms with Crippen LogP contribution in [0, 0.1) is 12.8 Å². The zero-order chi connectivity index (χ0) is 13.0. The second-order valence-corrected chi connectivity index (χ2v) is 4.80. The molecule has 0 aromatic heterocycles. The minimum Gasteiger partial charge on any atom is -0.478 e. The van der Waals surface area contributed by atoms with Gasteiger partial charge < -0.3 is 15.2 Å². The lowest BCUT2D eigenvalue weighted by molar-refractivity contribution is 0.0595. The van der Waals surface area contributed by atoms with Gasteiger partial charge in [0.25, 0.3) is 0 Å². The molecule has 1 aliphatic heterocycles. The van der Waals surface area contributed by atoms with Crippen molar-refractivity contribution in [3.8, 4) is 0 Å². The first-order valence-corrected chi connectivity index (χ1v) is 6.32. The average molecular weight is 249 g/mol. The maximum Gasteiger partial charge on any atom is 0.335 e. The smallest absolute Gasteiger partial charge is 0.335 e. The molecule has 2 N–H and O–H groups in total. The van der Waals surface area contributed by atoms with Crippen LogP contribution in [-0.2, 0) is 4.74 Å². The Morgan fingerprint density at radius 3 is 3.00 bits per heavy atom. The molecule has 4 nitrogen and oxygen atoms in total. The molecule has 2 rings (SSSR count). The molecule has 4 heteroatoms. The number of carbonyl (C=O) groups is 1. The zero-order valence-electron chi connectivity index (χ0n) is 10.6. The Morgan fingerprint density at radius 1 is 1.56 bits per heavy atom. The van der Waals surface area contributed by atoms with Crippen molar-refractivity contribution in [1.82, 2.24) is 0 Å². The van der Waals surface area contributed by atoms with Crippen LogP contribution in [0.3, 0.4) is 0 Å². The summed E-state index contributed by atoms with van der Waals surface area (Å²) in [5.74, 6) is -0.331. The number of anilines is 1. The molecule has 0 bridgehead atoms. The second kappa shape index (κ2) is 5.87. The van der Waals surface area contributed by atoms with E-state index in [1.807, 2.05) is 13.0 Å². The van der Waals surface area contributed by atoms with Gasteiger partial charge in [0, 0.05) is 18.8 Å². The van der Waals surface area contributed by atoms with Crippen LogP contribution in [0.1, 0.15) is 28.8 Å². The number of hydrogen-bond donors (Lipinski definition) is 2. The van der Waals surface area contributed by atoms with Crippen molar-refractivity contribution in [3.63, 3.8) is 0 Å². The molecule has 1 fully saturated rings. The predicted octanol–water partition coefficient (Wildman–Crippen LogP) is 2.53. The topological polar surface area (TPSA) is 58.6 Å². The number of ether oxygens (including phenoxy) is 1. The van der Waals surface area contributed by atoms with Crippen LogP contribution < -0.4 is 5.32 Å². The fourth-order valence-electron chi connectivity index (χ4n) is 2.22. The maximum atomic E-state index is 10.8. The third-order valence-electron chi connectivity index (χ3n) is 3.31. The van der Waals surface area contributed by atoms with Gasteiger partial charge in [0.1, 0.15) is 0 Å². The molecule has 1 aromatic rings. The molecule has 1 atom stereocenters. The van der Waals surface area contributed by atoms with E-state index < -0.39 is 5.97 Å². The highest BCUT2D eigenvalue weighted by atomic mass is 16.5. The molecular weight excluding hydrogens is 230 g/mol. The SMILES string of the molecule is Cc1cc(C(=O)O)ccc1NCC1CCCOC1. The van der Waals surface area contributed by atoms with Crippen molar-refractivity contribution in [1.29, 1.82) is 0 Å². The first kappa shape index (κ1) is 12.9. The molecule has 1 aliphatic rings. The Labute approximate surface area is 107 Å². The Bertz CT molecular complexity index is 425. The molecule has 1 aromatic carbocycles. The standard InChI is InChI=1S/C14H19NO3/c1-10-7-12(14(16)17)4-5-13(10)15-8-11-3-2-6-18-9-11/h4-5,7,11,15H,2-3,6,8-9H2,1H3,(H,16,17). The Kier molecular flexibility index (Phi) is 4.20. The fourth-order valence-corrected chi connectivity index (χ4v) is 2.22. The van der Waals surface area contributed by atoms with E-state index >= 15 is 0 Å². The lowest BCUT2D eigenvalue weighted by Crippen LogP contribution is -2.24. The van der Waals surface area contributed by atoms with Gasteiger partial charge in [-0.1, -0.05) is 0 Å². The van der Waals surface area contributed by atoms with Crippen LogP contribution >= 0.6 is 0 Å². The van der Waals surface area contributed by atoms with Crippen LogP contribution in [-0.4, -0.2) is 30.8 Å². The molecular formula is C14H19NO3. The van der Waals surface area contributed by atoms with Gasteiger partial charge in [-0.15, -0.1) is 0 Å². The summed E-state index contributed by atoms with van der Waals surface area (Å²) in [6, 6.07) is 5.17. The molecule has 18 heavy (non-hydrogen) atoms. The summed E-state index contributed by atoms with van der Waals surface area (Å²) in [6.45, 7) is 4.50. The number of hydrogen-bond acceptors (Lipinski definition) is 3. The first-order chi connectivity index (χ1) is 8.66. The molecule has 0 spiro atoms. The van der Waals surface area contributed by atoms with Gasteiger partial charge in [0.15, 0.2) is 0 Å². The minimum absolute atomic E-state index is 0.332. The van der Waals surface area contributed by atoms with Crippen LogP contribution in [0.25, 0.3) is 0 Å². The summed E-state index contributed by atoms with van der Waals surface area (Å²) in [5.41, 5.74) is 2.30. The maximum absolute atomic E-state index is 10.8. The predicted molar refractivity (Wildman–Crippen MR) is 70.2 cm³/mol. The quantitative estimate of drug-likeness (QED) is 0.861. The van der Waals surface area contributed by atoms with E-state index in [0.29, 0.717) is 11.5 Å². The first-order valence-electron chi connectivity index (χ1n) is 6.32. The highest BCUT2D eigenvalue weighted by Gasteiger charge is 2.14. The normalized spacial score (nSPS) is 19.5. The summed E-state index contributed by atoms with van der Waals surface area (Å²) in [7, 11) is 0. The van der Waals surface area contributed by atoms with Crippen molar-refractivity contribution >= 4 is 11.7 Å². The number of aryl methyl sites for hydroxylation is 1. The van der Waals surface area contributed by atoms with E-state index in [0.717, 1.165) is 37.4 Å². The molecule has 1 heterocycles. The molecule has 0 amide bonds. The highest BCUT2D eigenvalue weighted by Crippen LogP contribution is 2.19. The van der Waals surface area contributed by atoms with Crippen LogP contribution in [0.15, 0.2) is 18.2 Å². The number of aromatic carboxylic acids is 1. The number of rotatable bonds is 4. The Balaban J connectivity index is 1.94. The van der Waals surface area contributed by atoms with Gasteiger partial charge in [0.05, 0.1) is 12.2 Å². The van der Waals surface area contributed by atoms with Crippen molar-refractivity contribution in [2.45, 2.75) is 19.8 Å². The van der Waals surface area contributed by atoms with E-state index in [1.54, 1.807) is 12.1 Å². The number of carboxylic acids is 1. The van der Waals surface area contributed by atoms with Gasteiger partial charge in [-0.05, 0) is 49.4 Å². The van der Waals surface area contributed by atoms with Crippen molar-refractivity contribution in [3.05, 3.63) is 29.3 Å². The summed E-state index contributed by atoms with van der Waals surface area (Å²) >= 11 is 0. The van der Waals surface area contributed by atoms with E-state index in [4.69, 9.17) is 9.84 Å². The van der Waals surface area contributed by atoms with Crippen molar-refractivity contribution in [2.75, 3.05) is 25.1 Å². The van der Waals surface area contributed by atoms with Gasteiger partial charge in [-0.25, -0.2) is 4.79 Å². The summed E-state index contributed by atoms with van der Waals surface area (Å²) < 4.78 is 5.43. The Hall–Kier alpha value is -1.55.